The Labute approximate surface area is 140 Å². The zero-order valence-corrected chi connectivity index (χ0v) is 13.8. The molecule has 1 aromatic heterocycles. The molecule has 120 valence electrons. The Morgan fingerprint density at radius 3 is 2.57 bits per heavy atom. The van der Waals surface area contributed by atoms with Gasteiger partial charge in [-0.1, -0.05) is 17.7 Å². The summed E-state index contributed by atoms with van der Waals surface area (Å²) in [6.07, 6.45) is 3.61. The van der Waals surface area contributed by atoms with E-state index < -0.39 is 16.1 Å². The number of benzene rings is 1. The summed E-state index contributed by atoms with van der Waals surface area (Å²) in [4.78, 5) is 16.0. The van der Waals surface area contributed by atoms with Gasteiger partial charge in [0.1, 0.15) is 5.78 Å². The molecule has 2 aromatic rings. The molecule has 1 aromatic carbocycles. The van der Waals surface area contributed by atoms with Gasteiger partial charge in [-0.25, -0.2) is 8.42 Å². The van der Waals surface area contributed by atoms with Gasteiger partial charge in [-0.2, -0.15) is 4.31 Å². The predicted octanol–water partition coefficient (Wildman–Crippen LogP) is 2.83. The lowest BCUT2D eigenvalue weighted by Crippen LogP contribution is -2.41. The van der Waals surface area contributed by atoms with E-state index in [1.165, 1.54) is 16.4 Å². The number of carbonyl (C=O) groups excluding carboxylic acids is 1. The summed E-state index contributed by atoms with van der Waals surface area (Å²) in [6, 6.07) is 9.06. The Kier molecular flexibility index (Phi) is 4.48. The van der Waals surface area contributed by atoms with Gasteiger partial charge in [0.15, 0.2) is 0 Å². The molecule has 1 atom stereocenters. The van der Waals surface area contributed by atoms with Crippen molar-refractivity contribution in [1.29, 1.82) is 0 Å². The van der Waals surface area contributed by atoms with E-state index in [0.717, 1.165) is 5.56 Å². The second-order valence-corrected chi connectivity index (χ2v) is 7.69. The van der Waals surface area contributed by atoms with Crippen molar-refractivity contribution in [2.24, 2.45) is 0 Å². The summed E-state index contributed by atoms with van der Waals surface area (Å²) in [6.45, 7) is 0.170. The number of pyridine rings is 1. The highest BCUT2D eigenvalue weighted by atomic mass is 35.5. The molecule has 0 spiro atoms. The molecule has 5 nitrogen and oxygen atoms in total. The number of carbonyl (C=O) groups is 1. The topological polar surface area (TPSA) is 67.3 Å². The fourth-order valence-electron chi connectivity index (χ4n) is 2.70. The maximum Gasteiger partial charge on any atom is 0.243 e. The van der Waals surface area contributed by atoms with Gasteiger partial charge in [0.25, 0.3) is 0 Å². The van der Waals surface area contributed by atoms with E-state index in [0.29, 0.717) is 5.02 Å². The van der Waals surface area contributed by atoms with Crippen molar-refractivity contribution in [1.82, 2.24) is 9.29 Å². The molecule has 0 bridgehead atoms. The maximum absolute atomic E-state index is 12.9. The van der Waals surface area contributed by atoms with Crippen LogP contribution in [0.25, 0.3) is 0 Å². The van der Waals surface area contributed by atoms with Crippen LogP contribution >= 0.6 is 11.6 Å². The summed E-state index contributed by atoms with van der Waals surface area (Å²) in [5, 5.41) is 0.474. The smallest absolute Gasteiger partial charge is 0.243 e. The first-order chi connectivity index (χ1) is 11.0. The minimum absolute atomic E-state index is 0.0569. The van der Waals surface area contributed by atoms with Crippen LogP contribution in [0.1, 0.15) is 24.4 Å². The number of halogens is 1. The Morgan fingerprint density at radius 1 is 1.17 bits per heavy atom. The number of aromatic nitrogens is 1. The van der Waals surface area contributed by atoms with Gasteiger partial charge < -0.3 is 0 Å². The molecule has 7 heteroatoms. The van der Waals surface area contributed by atoms with Crippen LogP contribution in [0, 0.1) is 0 Å². The highest BCUT2D eigenvalue weighted by Gasteiger charge is 2.37. The van der Waals surface area contributed by atoms with Crippen LogP contribution < -0.4 is 0 Å². The molecule has 0 amide bonds. The van der Waals surface area contributed by atoms with E-state index >= 15 is 0 Å². The summed E-state index contributed by atoms with van der Waals surface area (Å²) in [5.41, 5.74) is 0.720. The van der Waals surface area contributed by atoms with Crippen molar-refractivity contribution in [2.45, 2.75) is 23.8 Å². The van der Waals surface area contributed by atoms with Gasteiger partial charge in [0.05, 0.1) is 10.9 Å². The lowest BCUT2D eigenvalue weighted by molar-refractivity contribution is -0.121. The van der Waals surface area contributed by atoms with Crippen molar-refractivity contribution in [3.8, 4) is 0 Å². The first-order valence-electron chi connectivity index (χ1n) is 7.17. The average Bonchev–Trinajstić information content (AvgIpc) is 2.56. The monoisotopic (exact) mass is 350 g/mol. The fraction of sp³-hybridized carbons (Fsp3) is 0.250. The third-order valence-corrected chi connectivity index (χ3v) is 6.04. The van der Waals surface area contributed by atoms with Gasteiger partial charge in [-0.05, 0) is 35.9 Å². The molecule has 2 heterocycles. The Balaban J connectivity index is 2.01. The molecule has 23 heavy (non-hydrogen) atoms. The molecule has 0 unspecified atom stereocenters. The quantitative estimate of drug-likeness (QED) is 0.853. The second kappa shape index (κ2) is 6.39. The predicted molar refractivity (Wildman–Crippen MR) is 86.6 cm³/mol. The van der Waals surface area contributed by atoms with Crippen molar-refractivity contribution < 1.29 is 13.2 Å². The number of ketones is 1. The number of rotatable bonds is 3. The van der Waals surface area contributed by atoms with Crippen molar-refractivity contribution in [3.05, 3.63) is 59.4 Å². The van der Waals surface area contributed by atoms with Crippen LogP contribution in [0.15, 0.2) is 53.7 Å². The third kappa shape index (κ3) is 3.29. The summed E-state index contributed by atoms with van der Waals surface area (Å²) < 4.78 is 27.3. The minimum Gasteiger partial charge on any atom is -0.300 e. The van der Waals surface area contributed by atoms with Crippen molar-refractivity contribution in [3.63, 3.8) is 0 Å². The number of piperidine rings is 1. The number of hydrogen-bond acceptors (Lipinski definition) is 4. The molecule has 1 saturated heterocycles. The van der Waals surface area contributed by atoms with Gasteiger partial charge in [-0.3, -0.25) is 9.78 Å². The van der Waals surface area contributed by atoms with Crippen molar-refractivity contribution >= 4 is 27.4 Å². The Bertz CT molecular complexity index is 807. The third-order valence-electron chi connectivity index (χ3n) is 3.87. The van der Waals surface area contributed by atoms with Crippen LogP contribution in [0.4, 0.5) is 0 Å². The Morgan fingerprint density at radius 2 is 1.91 bits per heavy atom. The first-order valence-corrected chi connectivity index (χ1v) is 8.99. The van der Waals surface area contributed by atoms with Crippen LogP contribution in [0.5, 0.6) is 0 Å². The second-order valence-electron chi connectivity index (χ2n) is 5.36. The molecular formula is C16H15ClN2O3S. The molecular weight excluding hydrogens is 336 g/mol. The molecule has 0 aliphatic carbocycles. The molecule has 1 fully saturated rings. The molecule has 1 aliphatic heterocycles. The van der Waals surface area contributed by atoms with E-state index in [9.17, 15) is 13.2 Å². The molecule has 0 radical (unpaired) electrons. The molecule has 3 rings (SSSR count). The van der Waals surface area contributed by atoms with Crippen LogP contribution in [-0.4, -0.2) is 30.0 Å². The lowest BCUT2D eigenvalue weighted by Gasteiger charge is -2.34. The van der Waals surface area contributed by atoms with Gasteiger partial charge in [0, 0.05) is 36.8 Å². The average molecular weight is 351 g/mol. The van der Waals surface area contributed by atoms with Gasteiger partial charge >= 0.3 is 0 Å². The van der Waals surface area contributed by atoms with Gasteiger partial charge in [0.2, 0.25) is 10.0 Å². The van der Waals surface area contributed by atoms with Gasteiger partial charge in [-0.15, -0.1) is 0 Å². The molecule has 0 saturated carbocycles. The highest BCUT2D eigenvalue weighted by molar-refractivity contribution is 7.89. The highest BCUT2D eigenvalue weighted by Crippen LogP contribution is 2.34. The number of Topliss-reactive ketones (excluding diaryl/α,β-unsaturated/α-hetero) is 1. The van der Waals surface area contributed by atoms with E-state index in [-0.39, 0.29) is 30.1 Å². The van der Waals surface area contributed by atoms with Crippen LogP contribution in [0.2, 0.25) is 5.02 Å². The molecule has 0 N–H and O–H groups in total. The summed E-state index contributed by atoms with van der Waals surface area (Å²) in [7, 11) is -3.70. The van der Waals surface area contributed by atoms with Crippen LogP contribution in [0.3, 0.4) is 0 Å². The largest absolute Gasteiger partial charge is 0.300 e. The Hall–Kier alpha value is -1.76. The van der Waals surface area contributed by atoms with E-state index in [4.69, 9.17) is 11.6 Å². The fourth-order valence-corrected chi connectivity index (χ4v) is 4.44. The van der Waals surface area contributed by atoms with E-state index in [1.807, 2.05) is 0 Å². The SMILES string of the molecule is O=C1CCN(S(=O)(=O)c2ccc(Cl)cc2)[C@@H](c2cccnc2)C1. The summed E-state index contributed by atoms with van der Waals surface area (Å²) in [5.74, 6) is 0.0569. The first kappa shape index (κ1) is 16.1. The maximum atomic E-state index is 12.9. The number of hydrogen-bond donors (Lipinski definition) is 0. The van der Waals surface area contributed by atoms with E-state index in [1.54, 1.807) is 36.7 Å². The van der Waals surface area contributed by atoms with E-state index in [2.05, 4.69) is 4.98 Å². The van der Waals surface area contributed by atoms with Crippen LogP contribution in [-0.2, 0) is 14.8 Å². The standard InChI is InChI=1S/C16H15ClN2O3S/c17-13-3-5-15(6-4-13)23(21,22)19-9-7-14(20)10-16(19)12-2-1-8-18-11-12/h1-6,8,11,16H,7,9-10H2/t16-/m1/s1. The number of sulfonamides is 1. The zero-order valence-electron chi connectivity index (χ0n) is 12.2. The lowest BCUT2D eigenvalue weighted by atomic mass is 9.98. The number of nitrogens with zero attached hydrogens (tertiary/aromatic N) is 2. The minimum atomic E-state index is -3.70. The summed E-state index contributed by atoms with van der Waals surface area (Å²) >= 11 is 5.83. The molecule has 1 aliphatic rings. The zero-order chi connectivity index (χ0) is 16.4. The van der Waals surface area contributed by atoms with Crippen molar-refractivity contribution in [2.75, 3.05) is 6.54 Å². The normalized spacial score (nSPS) is 19.7.